The van der Waals surface area contributed by atoms with Crippen LogP contribution >= 0.6 is 0 Å². The maximum absolute atomic E-state index is 15.0. The Morgan fingerprint density at radius 1 is 1.22 bits per heavy atom. The number of benzene rings is 2. The van der Waals surface area contributed by atoms with Gasteiger partial charge in [0.05, 0.1) is 5.69 Å². The molecule has 1 atom stereocenters. The van der Waals surface area contributed by atoms with E-state index in [9.17, 15) is 4.79 Å². The molecule has 1 unspecified atom stereocenters. The number of amidine groups is 1. The second-order valence-electron chi connectivity index (χ2n) is 9.45. The van der Waals surface area contributed by atoms with Crippen LogP contribution in [0.2, 0.25) is 0 Å². The van der Waals surface area contributed by atoms with Crippen LogP contribution in [0, 0.1) is 5.82 Å². The molecule has 1 heterocycles. The molecular weight excluding hydrogens is 465 g/mol. The van der Waals surface area contributed by atoms with Crippen molar-refractivity contribution in [2.24, 2.45) is 10.7 Å². The highest BCUT2D eigenvalue weighted by Crippen LogP contribution is 2.32. The van der Waals surface area contributed by atoms with Crippen molar-refractivity contribution in [1.29, 1.82) is 0 Å². The van der Waals surface area contributed by atoms with Crippen LogP contribution < -0.4 is 21.5 Å². The molecule has 0 amide bonds. The number of rotatable bonds is 9. The van der Waals surface area contributed by atoms with Gasteiger partial charge >= 0.3 is 0 Å². The normalized spacial score (nSPS) is 15.2. The monoisotopic (exact) mass is 501 g/mol. The van der Waals surface area contributed by atoms with Gasteiger partial charge in [0, 0.05) is 43.0 Å². The number of hydrogen-bond acceptors (Lipinski definition) is 4. The van der Waals surface area contributed by atoms with E-state index in [1.807, 2.05) is 24.0 Å². The average molecular weight is 502 g/mol. The van der Waals surface area contributed by atoms with Crippen LogP contribution in [0.4, 0.5) is 21.6 Å². The molecule has 37 heavy (non-hydrogen) atoms. The molecule has 3 N–H and O–H groups in total. The highest BCUT2D eigenvalue weighted by molar-refractivity contribution is 5.95. The molecule has 0 saturated heterocycles. The summed E-state index contributed by atoms with van der Waals surface area (Å²) >= 11 is 0. The number of pyridine rings is 1. The van der Waals surface area contributed by atoms with E-state index in [1.54, 1.807) is 28.8 Å². The number of aromatic nitrogens is 1. The summed E-state index contributed by atoms with van der Waals surface area (Å²) in [6.07, 6.45) is 5.16. The Balaban J connectivity index is 1.63. The number of aliphatic imine (C=N–C) groups is 1. The quantitative estimate of drug-likeness (QED) is 0.291. The Morgan fingerprint density at radius 3 is 2.70 bits per heavy atom. The van der Waals surface area contributed by atoms with Gasteiger partial charge in [0.15, 0.2) is 0 Å². The largest absolute Gasteiger partial charge is 0.368 e. The molecule has 6 nitrogen and oxygen atoms in total. The fourth-order valence-corrected chi connectivity index (χ4v) is 5.10. The number of halogens is 1. The van der Waals surface area contributed by atoms with Gasteiger partial charge in [0.25, 0.3) is 5.56 Å². The molecule has 4 rings (SSSR count). The second-order valence-corrected chi connectivity index (χ2v) is 9.45. The standard InChI is InChI=1S/C30H36FN5O/c1-4-17-35(18-16-32)28-14-12-25(20-27(28)31)33-21(3)34-30-22(5-2)11-15-29(37)36(30)26-13-10-23-8-6-7-9-24(23)19-26/h5-9,11-12,14-15,20,26H,2,4,10,13,16-19,32H2,1,3H3,(H,33,34). The fraction of sp³-hybridized carbons (Fsp3) is 0.333. The van der Waals surface area contributed by atoms with E-state index in [0.717, 1.165) is 37.8 Å². The molecule has 0 radical (unpaired) electrons. The predicted molar refractivity (Wildman–Crippen MR) is 153 cm³/mol. The third-order valence-corrected chi connectivity index (χ3v) is 6.81. The molecule has 1 aliphatic carbocycles. The van der Waals surface area contributed by atoms with Gasteiger partial charge in [-0.1, -0.05) is 43.8 Å². The van der Waals surface area contributed by atoms with Gasteiger partial charge in [-0.3, -0.25) is 9.36 Å². The summed E-state index contributed by atoms with van der Waals surface area (Å²) in [7, 11) is 0. The average Bonchev–Trinajstić information content (AvgIpc) is 2.89. The van der Waals surface area contributed by atoms with Gasteiger partial charge < -0.3 is 16.0 Å². The number of aryl methyl sites for hydroxylation is 1. The lowest BCUT2D eigenvalue weighted by Gasteiger charge is -2.28. The summed E-state index contributed by atoms with van der Waals surface area (Å²) in [6.45, 7) is 9.60. The maximum atomic E-state index is 15.0. The first-order chi connectivity index (χ1) is 17.9. The zero-order valence-electron chi connectivity index (χ0n) is 21.7. The molecule has 0 fully saturated rings. The highest BCUT2D eigenvalue weighted by Gasteiger charge is 2.23. The van der Waals surface area contributed by atoms with Crippen molar-refractivity contribution in [2.75, 3.05) is 29.9 Å². The molecule has 7 heteroatoms. The molecule has 0 bridgehead atoms. The lowest BCUT2D eigenvalue weighted by Crippen LogP contribution is -2.30. The summed E-state index contributed by atoms with van der Waals surface area (Å²) < 4.78 is 16.8. The van der Waals surface area contributed by atoms with E-state index >= 15 is 4.39 Å². The zero-order chi connectivity index (χ0) is 26.4. The van der Waals surface area contributed by atoms with Crippen molar-refractivity contribution in [3.05, 3.63) is 94.0 Å². The Kier molecular flexibility index (Phi) is 8.56. The van der Waals surface area contributed by atoms with Crippen molar-refractivity contribution in [1.82, 2.24) is 4.57 Å². The van der Waals surface area contributed by atoms with Crippen LogP contribution in [-0.4, -0.2) is 30.0 Å². The first-order valence-electron chi connectivity index (χ1n) is 13.0. The predicted octanol–water partition coefficient (Wildman–Crippen LogP) is 5.70. The van der Waals surface area contributed by atoms with E-state index < -0.39 is 0 Å². The van der Waals surface area contributed by atoms with Gasteiger partial charge in [-0.25, -0.2) is 9.38 Å². The first kappa shape index (κ1) is 26.4. The smallest absolute Gasteiger partial charge is 0.252 e. The molecule has 2 aromatic carbocycles. The van der Waals surface area contributed by atoms with Crippen LogP contribution in [0.25, 0.3) is 6.08 Å². The summed E-state index contributed by atoms with van der Waals surface area (Å²) in [5, 5.41) is 3.20. The SMILES string of the molecule is C=Cc1ccc(=O)n(C2CCc3ccccc3C2)c1N=C(C)Nc1ccc(N(CCC)CCN)c(F)c1. The number of hydrogen-bond donors (Lipinski definition) is 2. The summed E-state index contributed by atoms with van der Waals surface area (Å²) in [5.74, 6) is 0.799. The zero-order valence-corrected chi connectivity index (χ0v) is 21.7. The molecular formula is C30H36FN5O. The topological polar surface area (TPSA) is 75.7 Å². The van der Waals surface area contributed by atoms with Crippen molar-refractivity contribution < 1.29 is 4.39 Å². The minimum absolute atomic E-state index is 0.00216. The van der Waals surface area contributed by atoms with Crippen LogP contribution in [0.15, 0.2) is 71.0 Å². The lowest BCUT2D eigenvalue weighted by atomic mass is 9.88. The van der Waals surface area contributed by atoms with Gasteiger partial charge in [-0.15, -0.1) is 0 Å². The number of anilines is 2. The van der Waals surface area contributed by atoms with Crippen LogP contribution in [-0.2, 0) is 12.8 Å². The van der Waals surface area contributed by atoms with Crippen LogP contribution in [0.3, 0.4) is 0 Å². The first-order valence-corrected chi connectivity index (χ1v) is 13.0. The number of nitrogens with zero attached hydrogens (tertiary/aromatic N) is 3. The molecule has 194 valence electrons. The Morgan fingerprint density at radius 2 is 2.00 bits per heavy atom. The van der Waals surface area contributed by atoms with E-state index in [0.29, 0.717) is 36.1 Å². The molecule has 0 saturated carbocycles. The van der Waals surface area contributed by atoms with Crippen LogP contribution in [0.1, 0.15) is 49.4 Å². The van der Waals surface area contributed by atoms with Crippen molar-refractivity contribution in [2.45, 2.75) is 45.6 Å². The summed E-state index contributed by atoms with van der Waals surface area (Å²) in [6, 6.07) is 16.8. The molecule has 1 aliphatic rings. The third kappa shape index (κ3) is 6.00. The summed E-state index contributed by atoms with van der Waals surface area (Å²) in [4.78, 5) is 19.9. The second kappa shape index (κ2) is 12.0. The Labute approximate surface area is 218 Å². The molecule has 0 aliphatic heterocycles. The van der Waals surface area contributed by atoms with E-state index in [-0.39, 0.29) is 17.4 Å². The fourth-order valence-electron chi connectivity index (χ4n) is 5.10. The van der Waals surface area contributed by atoms with Gasteiger partial charge in [-0.05, 0) is 68.0 Å². The van der Waals surface area contributed by atoms with Crippen molar-refractivity contribution >= 4 is 29.1 Å². The van der Waals surface area contributed by atoms with Gasteiger partial charge in [0.1, 0.15) is 17.5 Å². The highest BCUT2D eigenvalue weighted by atomic mass is 19.1. The van der Waals surface area contributed by atoms with Gasteiger partial charge in [0.2, 0.25) is 0 Å². The van der Waals surface area contributed by atoms with E-state index in [4.69, 9.17) is 10.7 Å². The number of fused-ring (bicyclic) bond motifs is 1. The van der Waals surface area contributed by atoms with Crippen molar-refractivity contribution in [3.8, 4) is 0 Å². The number of nitrogens with two attached hydrogens (primary N) is 1. The molecule has 3 aromatic rings. The minimum Gasteiger partial charge on any atom is -0.368 e. The van der Waals surface area contributed by atoms with Crippen molar-refractivity contribution in [3.63, 3.8) is 0 Å². The Bertz CT molecular complexity index is 1340. The molecule has 1 aromatic heterocycles. The minimum atomic E-state index is -0.316. The van der Waals surface area contributed by atoms with Gasteiger partial charge in [-0.2, -0.15) is 0 Å². The number of nitrogens with one attached hydrogen (secondary N) is 1. The third-order valence-electron chi connectivity index (χ3n) is 6.81. The summed E-state index contributed by atoms with van der Waals surface area (Å²) in [5.41, 5.74) is 10.1. The maximum Gasteiger partial charge on any atom is 0.252 e. The van der Waals surface area contributed by atoms with E-state index in [2.05, 4.69) is 37.0 Å². The van der Waals surface area contributed by atoms with Crippen LogP contribution in [0.5, 0.6) is 0 Å². The van der Waals surface area contributed by atoms with E-state index in [1.165, 1.54) is 17.2 Å². The lowest BCUT2D eigenvalue weighted by molar-refractivity contribution is 0.434. The molecule has 0 spiro atoms. The Hall–Kier alpha value is -3.71.